The first-order chi connectivity index (χ1) is 17.0. The highest BCUT2D eigenvalue weighted by Gasteiger charge is 2.22. The third kappa shape index (κ3) is 4.00. The number of pyridine rings is 2. The van der Waals surface area contributed by atoms with Crippen molar-refractivity contribution in [3.05, 3.63) is 88.2 Å². The summed E-state index contributed by atoms with van der Waals surface area (Å²) in [6.07, 6.45) is 1.62. The summed E-state index contributed by atoms with van der Waals surface area (Å²) in [6, 6.07) is 16.8. The van der Waals surface area contributed by atoms with Crippen LogP contribution in [-0.2, 0) is 13.2 Å². The molecule has 5 rings (SSSR count). The second kappa shape index (κ2) is 8.99. The Bertz CT molecular complexity index is 1590. The van der Waals surface area contributed by atoms with Crippen LogP contribution in [0.1, 0.15) is 17.0 Å². The Balaban J connectivity index is 1.82. The van der Waals surface area contributed by atoms with Crippen LogP contribution in [0.15, 0.2) is 65.6 Å². The average molecular weight is 470 g/mol. The molecule has 0 amide bonds. The quantitative estimate of drug-likeness (QED) is 0.387. The lowest BCUT2D eigenvalue weighted by Crippen LogP contribution is -2.24. The molecule has 0 saturated heterocycles. The van der Waals surface area contributed by atoms with Crippen molar-refractivity contribution in [2.24, 2.45) is 0 Å². The predicted molar refractivity (Wildman–Crippen MR) is 131 cm³/mol. The lowest BCUT2D eigenvalue weighted by atomic mass is 9.99. The maximum absolute atomic E-state index is 13.4. The second-order valence-electron chi connectivity index (χ2n) is 7.98. The molecule has 5 aromatic rings. The average Bonchev–Trinajstić information content (AvgIpc) is 3.20. The topological polar surface area (TPSA) is 133 Å². The Labute approximate surface area is 200 Å². The summed E-state index contributed by atoms with van der Waals surface area (Å²) in [7, 11) is 1.52. The predicted octanol–water partition coefficient (Wildman–Crippen LogP) is 2.45. The number of anilines is 1. The summed E-state index contributed by atoms with van der Waals surface area (Å²) < 4.78 is 7.94. The van der Waals surface area contributed by atoms with E-state index in [0.717, 1.165) is 5.56 Å². The van der Waals surface area contributed by atoms with Gasteiger partial charge in [0.15, 0.2) is 5.65 Å². The third-order valence-electron chi connectivity index (χ3n) is 5.62. The molecule has 35 heavy (non-hydrogen) atoms. The molecule has 4 aromatic heterocycles. The van der Waals surface area contributed by atoms with Crippen molar-refractivity contribution in [1.82, 2.24) is 29.1 Å². The summed E-state index contributed by atoms with van der Waals surface area (Å²) >= 11 is 0. The number of hydrogen-bond acceptors (Lipinski definition) is 8. The first kappa shape index (κ1) is 22.2. The lowest BCUT2D eigenvalue weighted by molar-refractivity contribution is 0.276. The van der Waals surface area contributed by atoms with Crippen molar-refractivity contribution < 1.29 is 9.84 Å². The van der Waals surface area contributed by atoms with E-state index in [1.54, 1.807) is 18.3 Å². The van der Waals surface area contributed by atoms with Gasteiger partial charge in [0.1, 0.15) is 0 Å². The minimum atomic E-state index is -0.440. The van der Waals surface area contributed by atoms with Crippen LogP contribution in [0, 0.1) is 6.92 Å². The number of nitrogens with two attached hydrogens (primary N) is 1. The van der Waals surface area contributed by atoms with Crippen molar-refractivity contribution in [3.8, 4) is 28.3 Å². The molecule has 0 atom stereocenters. The molecule has 10 nitrogen and oxygen atoms in total. The molecular weight excluding hydrogens is 446 g/mol. The van der Waals surface area contributed by atoms with Gasteiger partial charge in [0.25, 0.3) is 0 Å². The molecule has 0 aliphatic carbocycles. The zero-order valence-electron chi connectivity index (χ0n) is 19.2. The number of methoxy groups -OCH3 is 1. The highest BCUT2D eigenvalue weighted by molar-refractivity contribution is 5.90. The highest BCUT2D eigenvalue weighted by Crippen LogP contribution is 2.35. The van der Waals surface area contributed by atoms with Gasteiger partial charge in [0.05, 0.1) is 37.2 Å². The van der Waals surface area contributed by atoms with Crippen molar-refractivity contribution in [2.75, 3.05) is 12.8 Å². The number of nitrogen functional groups attached to an aromatic ring is 1. The molecule has 3 N–H and O–H groups in total. The number of aliphatic hydroxyl groups excluding tert-OH is 1. The largest absolute Gasteiger partial charge is 0.481 e. The number of aryl methyl sites for hydroxylation is 1. The van der Waals surface area contributed by atoms with Crippen molar-refractivity contribution in [2.45, 2.75) is 20.1 Å². The standard InChI is InChI=1S/C25H23N7O3/c1-15-11-18(12-19(14-33)28-15)20-21(16-7-4-3-5-8-16)29-24(26)32-22(20)30-31(25(32)34)13-17-9-6-10-27-23(17)35-2/h3-12,33H,13-14H2,1-2H3,(H2,26,29). The van der Waals surface area contributed by atoms with Crippen molar-refractivity contribution in [3.63, 3.8) is 0 Å². The lowest BCUT2D eigenvalue weighted by Gasteiger charge is -2.13. The number of benzene rings is 1. The number of fused-ring (bicyclic) bond motifs is 1. The number of aromatic nitrogens is 6. The molecule has 0 unspecified atom stereocenters. The van der Waals surface area contributed by atoms with Gasteiger partial charge < -0.3 is 15.6 Å². The Kier molecular flexibility index (Phi) is 5.71. The number of hydrogen-bond donors (Lipinski definition) is 2. The van der Waals surface area contributed by atoms with Crippen LogP contribution in [0.25, 0.3) is 28.0 Å². The van der Waals surface area contributed by atoms with Crippen LogP contribution in [0.5, 0.6) is 5.88 Å². The van der Waals surface area contributed by atoms with Crippen LogP contribution < -0.4 is 16.2 Å². The van der Waals surface area contributed by atoms with E-state index in [1.807, 2.05) is 49.4 Å². The Morgan fingerprint density at radius 3 is 2.60 bits per heavy atom. The van der Waals surface area contributed by atoms with E-state index in [1.165, 1.54) is 16.2 Å². The zero-order chi connectivity index (χ0) is 24.5. The van der Waals surface area contributed by atoms with E-state index in [0.29, 0.717) is 45.3 Å². The van der Waals surface area contributed by atoms with Crippen LogP contribution in [0.4, 0.5) is 5.95 Å². The number of aliphatic hydroxyl groups is 1. The van der Waals surface area contributed by atoms with E-state index in [4.69, 9.17) is 10.5 Å². The fourth-order valence-electron chi connectivity index (χ4n) is 4.13. The number of rotatable bonds is 6. The molecule has 0 fully saturated rings. The zero-order valence-corrected chi connectivity index (χ0v) is 19.2. The molecule has 176 valence electrons. The molecule has 0 aliphatic rings. The van der Waals surface area contributed by atoms with E-state index in [2.05, 4.69) is 20.1 Å². The molecule has 1 aromatic carbocycles. The van der Waals surface area contributed by atoms with Crippen LogP contribution in [0.2, 0.25) is 0 Å². The number of ether oxygens (including phenoxy) is 1. The molecule has 4 heterocycles. The van der Waals surface area contributed by atoms with Crippen LogP contribution in [0.3, 0.4) is 0 Å². The summed E-state index contributed by atoms with van der Waals surface area (Å²) in [5.74, 6) is 0.426. The summed E-state index contributed by atoms with van der Waals surface area (Å²) in [6.45, 7) is 1.75. The van der Waals surface area contributed by atoms with Gasteiger partial charge in [-0.05, 0) is 30.7 Å². The second-order valence-corrected chi connectivity index (χ2v) is 7.98. The van der Waals surface area contributed by atoms with Gasteiger partial charge in [-0.1, -0.05) is 36.4 Å². The van der Waals surface area contributed by atoms with E-state index >= 15 is 0 Å². The molecule has 0 saturated carbocycles. The summed E-state index contributed by atoms with van der Waals surface area (Å²) in [4.78, 5) is 26.6. The maximum atomic E-state index is 13.4. The molecule has 10 heteroatoms. The van der Waals surface area contributed by atoms with E-state index in [9.17, 15) is 9.90 Å². The van der Waals surface area contributed by atoms with Gasteiger partial charge >= 0.3 is 5.69 Å². The van der Waals surface area contributed by atoms with Gasteiger partial charge in [-0.2, -0.15) is 0 Å². The van der Waals surface area contributed by atoms with Gasteiger partial charge in [-0.3, -0.25) is 4.98 Å². The van der Waals surface area contributed by atoms with E-state index in [-0.39, 0.29) is 19.1 Å². The van der Waals surface area contributed by atoms with E-state index < -0.39 is 5.69 Å². The van der Waals surface area contributed by atoms with Gasteiger partial charge in [0.2, 0.25) is 11.8 Å². The normalized spacial score (nSPS) is 11.2. The summed E-state index contributed by atoms with van der Waals surface area (Å²) in [5.41, 5.74) is 10.8. The van der Waals surface area contributed by atoms with Gasteiger partial charge in [-0.25, -0.2) is 23.8 Å². The molecule has 0 radical (unpaired) electrons. The molecular formula is C25H23N7O3. The van der Waals surface area contributed by atoms with Crippen LogP contribution in [-0.4, -0.2) is 41.3 Å². The van der Waals surface area contributed by atoms with Gasteiger partial charge in [-0.15, -0.1) is 5.10 Å². The molecule has 0 bridgehead atoms. The Hall–Kier alpha value is -4.57. The highest BCUT2D eigenvalue weighted by atomic mass is 16.5. The summed E-state index contributed by atoms with van der Waals surface area (Å²) in [5, 5.41) is 14.4. The fraction of sp³-hybridized carbons (Fsp3) is 0.160. The molecule has 0 aliphatic heterocycles. The Morgan fingerprint density at radius 2 is 1.86 bits per heavy atom. The van der Waals surface area contributed by atoms with Crippen molar-refractivity contribution >= 4 is 11.6 Å². The first-order valence-electron chi connectivity index (χ1n) is 10.9. The third-order valence-corrected chi connectivity index (χ3v) is 5.62. The SMILES string of the molecule is COc1ncccc1Cn1nc2c(-c3cc(C)nc(CO)c3)c(-c3ccccc3)nc(N)n2c1=O. The minimum Gasteiger partial charge on any atom is -0.481 e. The van der Waals surface area contributed by atoms with Crippen molar-refractivity contribution in [1.29, 1.82) is 0 Å². The minimum absolute atomic E-state index is 0.0187. The van der Waals surface area contributed by atoms with Gasteiger partial charge in [0, 0.05) is 23.0 Å². The molecule has 0 spiro atoms. The monoisotopic (exact) mass is 469 g/mol. The Morgan fingerprint density at radius 1 is 1.06 bits per heavy atom. The number of nitrogens with zero attached hydrogens (tertiary/aromatic N) is 6. The van der Waals surface area contributed by atoms with Crippen LogP contribution >= 0.6 is 0 Å². The maximum Gasteiger partial charge on any atom is 0.353 e. The fourth-order valence-corrected chi connectivity index (χ4v) is 4.13. The first-order valence-corrected chi connectivity index (χ1v) is 10.9. The smallest absolute Gasteiger partial charge is 0.353 e.